The van der Waals surface area contributed by atoms with E-state index in [0.717, 1.165) is 6.54 Å². The first-order valence-corrected chi connectivity index (χ1v) is 6.00. The first-order valence-electron chi connectivity index (χ1n) is 6.00. The molecule has 16 heavy (non-hydrogen) atoms. The third-order valence-electron chi connectivity index (χ3n) is 3.45. The molecular formula is C13H17N3. The fourth-order valence-corrected chi connectivity index (χ4v) is 2.61. The van der Waals surface area contributed by atoms with Gasteiger partial charge >= 0.3 is 0 Å². The van der Waals surface area contributed by atoms with Gasteiger partial charge in [-0.15, -0.1) is 0 Å². The normalized spacial score (nSPS) is 26.1. The molecule has 0 bridgehead atoms. The quantitative estimate of drug-likeness (QED) is 0.791. The number of hydrogen-bond acceptors (Lipinski definition) is 2. The minimum Gasteiger partial charge on any atom is -0.314 e. The molecule has 1 aliphatic rings. The van der Waals surface area contributed by atoms with E-state index in [9.17, 15) is 0 Å². The SMILES string of the molecule is CC1CC(n2ncc3ccccc32)CCN1. The van der Waals surface area contributed by atoms with Crippen LogP contribution in [-0.2, 0) is 0 Å². The zero-order valence-electron chi connectivity index (χ0n) is 9.56. The molecule has 1 aromatic heterocycles. The van der Waals surface area contributed by atoms with Crippen LogP contribution >= 0.6 is 0 Å². The predicted molar refractivity (Wildman–Crippen MR) is 65.5 cm³/mol. The second kappa shape index (κ2) is 3.91. The summed E-state index contributed by atoms with van der Waals surface area (Å²) in [4.78, 5) is 0. The number of hydrogen-bond donors (Lipinski definition) is 1. The number of benzene rings is 1. The van der Waals surface area contributed by atoms with Crippen LogP contribution in [0.2, 0.25) is 0 Å². The Morgan fingerprint density at radius 1 is 1.38 bits per heavy atom. The molecule has 3 rings (SSSR count). The molecule has 1 aliphatic heterocycles. The van der Waals surface area contributed by atoms with Gasteiger partial charge in [0.2, 0.25) is 0 Å². The number of rotatable bonds is 1. The monoisotopic (exact) mass is 215 g/mol. The summed E-state index contributed by atoms with van der Waals surface area (Å²) in [5, 5.41) is 9.27. The molecule has 3 nitrogen and oxygen atoms in total. The van der Waals surface area contributed by atoms with Gasteiger partial charge in [0.15, 0.2) is 0 Å². The van der Waals surface area contributed by atoms with Crippen molar-refractivity contribution in [2.24, 2.45) is 0 Å². The van der Waals surface area contributed by atoms with Crippen molar-refractivity contribution in [2.45, 2.75) is 31.8 Å². The van der Waals surface area contributed by atoms with Crippen molar-refractivity contribution in [2.75, 3.05) is 6.54 Å². The van der Waals surface area contributed by atoms with E-state index in [1.807, 2.05) is 6.20 Å². The standard InChI is InChI=1S/C13H17N3/c1-10-8-12(6-7-14-10)16-13-5-3-2-4-11(13)9-15-16/h2-5,9-10,12,14H,6-8H2,1H3. The van der Waals surface area contributed by atoms with E-state index in [2.05, 4.69) is 46.3 Å². The van der Waals surface area contributed by atoms with Crippen molar-refractivity contribution in [1.82, 2.24) is 15.1 Å². The van der Waals surface area contributed by atoms with Gasteiger partial charge in [-0.05, 0) is 32.4 Å². The predicted octanol–water partition coefficient (Wildman–Crippen LogP) is 2.35. The van der Waals surface area contributed by atoms with Gasteiger partial charge in [0.25, 0.3) is 0 Å². The molecule has 0 aliphatic carbocycles. The van der Waals surface area contributed by atoms with Crippen LogP contribution in [-0.4, -0.2) is 22.4 Å². The zero-order valence-corrected chi connectivity index (χ0v) is 9.56. The van der Waals surface area contributed by atoms with Gasteiger partial charge in [-0.1, -0.05) is 18.2 Å². The second-order valence-corrected chi connectivity index (χ2v) is 4.68. The van der Waals surface area contributed by atoms with Crippen LogP contribution in [0.5, 0.6) is 0 Å². The summed E-state index contributed by atoms with van der Waals surface area (Å²) in [7, 11) is 0. The van der Waals surface area contributed by atoms with Crippen LogP contribution in [0, 0.1) is 0 Å². The van der Waals surface area contributed by atoms with Gasteiger partial charge in [-0.2, -0.15) is 5.10 Å². The molecule has 1 saturated heterocycles. The van der Waals surface area contributed by atoms with Crippen molar-refractivity contribution in [3.8, 4) is 0 Å². The van der Waals surface area contributed by atoms with E-state index in [4.69, 9.17) is 0 Å². The van der Waals surface area contributed by atoms with Crippen molar-refractivity contribution < 1.29 is 0 Å². The van der Waals surface area contributed by atoms with E-state index in [1.54, 1.807) is 0 Å². The van der Waals surface area contributed by atoms with Crippen molar-refractivity contribution in [3.05, 3.63) is 30.5 Å². The van der Waals surface area contributed by atoms with E-state index < -0.39 is 0 Å². The van der Waals surface area contributed by atoms with Crippen molar-refractivity contribution in [1.29, 1.82) is 0 Å². The molecule has 1 fully saturated rings. The van der Waals surface area contributed by atoms with E-state index in [0.29, 0.717) is 12.1 Å². The van der Waals surface area contributed by atoms with Gasteiger partial charge < -0.3 is 5.32 Å². The first-order chi connectivity index (χ1) is 7.84. The number of aromatic nitrogens is 2. The summed E-state index contributed by atoms with van der Waals surface area (Å²) >= 11 is 0. The number of para-hydroxylation sites is 1. The lowest BCUT2D eigenvalue weighted by Gasteiger charge is -2.28. The Hall–Kier alpha value is -1.35. The molecular weight excluding hydrogens is 198 g/mol. The molecule has 0 amide bonds. The molecule has 2 atom stereocenters. The summed E-state index contributed by atoms with van der Waals surface area (Å²) in [5.74, 6) is 0. The minimum atomic E-state index is 0.552. The average molecular weight is 215 g/mol. The van der Waals surface area contributed by atoms with Crippen LogP contribution in [0.4, 0.5) is 0 Å². The maximum Gasteiger partial charge on any atom is 0.0685 e. The zero-order chi connectivity index (χ0) is 11.0. The van der Waals surface area contributed by atoms with Gasteiger partial charge in [0.05, 0.1) is 17.8 Å². The Bertz CT molecular complexity index is 489. The fourth-order valence-electron chi connectivity index (χ4n) is 2.61. The minimum absolute atomic E-state index is 0.552. The average Bonchev–Trinajstić information content (AvgIpc) is 2.72. The van der Waals surface area contributed by atoms with Crippen LogP contribution in [0.3, 0.4) is 0 Å². The summed E-state index contributed by atoms with van der Waals surface area (Å²) in [6.07, 6.45) is 4.32. The highest BCUT2D eigenvalue weighted by Gasteiger charge is 2.21. The molecule has 2 aromatic rings. The van der Waals surface area contributed by atoms with Crippen LogP contribution < -0.4 is 5.32 Å². The maximum absolute atomic E-state index is 4.54. The van der Waals surface area contributed by atoms with Crippen molar-refractivity contribution >= 4 is 10.9 Å². The molecule has 0 radical (unpaired) electrons. The number of nitrogens with one attached hydrogen (secondary N) is 1. The lowest BCUT2D eigenvalue weighted by Crippen LogP contribution is -2.36. The highest BCUT2D eigenvalue weighted by atomic mass is 15.3. The number of fused-ring (bicyclic) bond motifs is 1. The molecule has 1 aromatic carbocycles. The smallest absolute Gasteiger partial charge is 0.0685 e. The Kier molecular flexibility index (Phi) is 2.40. The van der Waals surface area contributed by atoms with Crippen molar-refractivity contribution in [3.63, 3.8) is 0 Å². The maximum atomic E-state index is 4.54. The van der Waals surface area contributed by atoms with Crippen LogP contribution in [0.25, 0.3) is 10.9 Å². The lowest BCUT2D eigenvalue weighted by atomic mass is 10.0. The lowest BCUT2D eigenvalue weighted by molar-refractivity contribution is 0.301. The highest BCUT2D eigenvalue weighted by molar-refractivity contribution is 5.78. The van der Waals surface area contributed by atoms with Gasteiger partial charge in [0, 0.05) is 11.4 Å². The van der Waals surface area contributed by atoms with E-state index >= 15 is 0 Å². The third-order valence-corrected chi connectivity index (χ3v) is 3.45. The largest absolute Gasteiger partial charge is 0.314 e. The fraction of sp³-hybridized carbons (Fsp3) is 0.462. The molecule has 2 unspecified atom stereocenters. The number of nitrogens with zero attached hydrogens (tertiary/aromatic N) is 2. The van der Waals surface area contributed by atoms with Crippen LogP contribution in [0.1, 0.15) is 25.8 Å². The highest BCUT2D eigenvalue weighted by Crippen LogP contribution is 2.25. The first kappa shape index (κ1) is 9.85. The van der Waals surface area contributed by atoms with Gasteiger partial charge in [-0.3, -0.25) is 4.68 Å². The molecule has 0 saturated carbocycles. The Morgan fingerprint density at radius 3 is 3.12 bits per heavy atom. The van der Waals surface area contributed by atoms with Gasteiger partial charge in [-0.25, -0.2) is 0 Å². The summed E-state index contributed by atoms with van der Waals surface area (Å²) < 4.78 is 2.20. The van der Waals surface area contributed by atoms with E-state index in [-0.39, 0.29) is 0 Å². The summed E-state index contributed by atoms with van der Waals surface area (Å²) in [6.45, 7) is 3.35. The van der Waals surface area contributed by atoms with Gasteiger partial charge in [0.1, 0.15) is 0 Å². The Balaban J connectivity index is 1.99. The summed E-state index contributed by atoms with van der Waals surface area (Å²) in [5.41, 5.74) is 1.27. The molecule has 84 valence electrons. The molecule has 3 heteroatoms. The summed E-state index contributed by atoms with van der Waals surface area (Å²) in [6, 6.07) is 9.60. The molecule has 0 spiro atoms. The topological polar surface area (TPSA) is 29.9 Å². The molecule has 1 N–H and O–H groups in total. The molecule has 2 heterocycles. The Labute approximate surface area is 95.5 Å². The second-order valence-electron chi connectivity index (χ2n) is 4.68. The number of piperidine rings is 1. The van der Waals surface area contributed by atoms with Crippen LogP contribution in [0.15, 0.2) is 30.5 Å². The third kappa shape index (κ3) is 1.61. The Morgan fingerprint density at radius 2 is 2.25 bits per heavy atom. The van der Waals surface area contributed by atoms with E-state index in [1.165, 1.54) is 23.7 Å².